The number of rotatable bonds is 5. The minimum absolute atomic E-state index is 0.0337. The second-order valence-corrected chi connectivity index (χ2v) is 8.96. The molecule has 1 N–H and O–H groups in total. The summed E-state index contributed by atoms with van der Waals surface area (Å²) in [5.74, 6) is 0.710. The van der Waals surface area contributed by atoms with Crippen molar-refractivity contribution >= 4 is 15.9 Å². The van der Waals surface area contributed by atoms with Gasteiger partial charge in [-0.2, -0.15) is 0 Å². The maximum Gasteiger partial charge on any atom is 0.253 e. The van der Waals surface area contributed by atoms with Crippen molar-refractivity contribution in [1.29, 1.82) is 0 Å². The Morgan fingerprint density at radius 2 is 1.62 bits per heavy atom. The predicted molar refractivity (Wildman–Crippen MR) is 93.3 cm³/mol. The maximum atomic E-state index is 12.6. The van der Waals surface area contributed by atoms with E-state index in [0.717, 1.165) is 44.4 Å². The summed E-state index contributed by atoms with van der Waals surface area (Å²) in [6.45, 7) is 2.26. The molecule has 0 saturated heterocycles. The van der Waals surface area contributed by atoms with Gasteiger partial charge in [-0.15, -0.1) is 0 Å². The van der Waals surface area contributed by atoms with Crippen LogP contribution in [0, 0.1) is 5.92 Å². The first kappa shape index (κ1) is 17.4. The average Bonchev–Trinajstić information content (AvgIpc) is 3.37. The lowest BCUT2D eigenvalue weighted by molar-refractivity contribution is 0.0679. The van der Waals surface area contributed by atoms with Gasteiger partial charge in [0.2, 0.25) is 10.0 Å². The second-order valence-electron chi connectivity index (χ2n) is 7.25. The Bertz CT molecular complexity index is 687. The maximum absolute atomic E-state index is 12.6. The lowest BCUT2D eigenvalue weighted by atomic mass is 9.86. The molecule has 0 unspecified atom stereocenters. The van der Waals surface area contributed by atoms with E-state index in [1.807, 2.05) is 11.9 Å². The van der Waals surface area contributed by atoms with E-state index >= 15 is 0 Å². The molecule has 2 fully saturated rings. The smallest absolute Gasteiger partial charge is 0.253 e. The van der Waals surface area contributed by atoms with Gasteiger partial charge in [-0.25, -0.2) is 13.1 Å². The third-order valence-electron chi connectivity index (χ3n) is 5.16. The fourth-order valence-corrected chi connectivity index (χ4v) is 4.57. The summed E-state index contributed by atoms with van der Waals surface area (Å²) in [5.41, 5.74) is 0.543. The first-order valence-electron chi connectivity index (χ1n) is 8.76. The van der Waals surface area contributed by atoms with Crippen molar-refractivity contribution < 1.29 is 13.2 Å². The molecule has 0 atom stereocenters. The third kappa shape index (κ3) is 3.98. The highest BCUT2D eigenvalue weighted by Crippen LogP contribution is 2.27. The highest BCUT2D eigenvalue weighted by atomic mass is 32.2. The van der Waals surface area contributed by atoms with Crippen LogP contribution in [0.15, 0.2) is 29.2 Å². The van der Waals surface area contributed by atoms with Crippen LogP contribution in [0.25, 0.3) is 0 Å². The monoisotopic (exact) mass is 350 g/mol. The van der Waals surface area contributed by atoms with E-state index in [2.05, 4.69) is 11.6 Å². The molecule has 3 rings (SSSR count). The largest absolute Gasteiger partial charge is 0.339 e. The molecule has 0 aliphatic heterocycles. The molecule has 0 heterocycles. The highest BCUT2D eigenvalue weighted by Gasteiger charge is 2.29. The van der Waals surface area contributed by atoms with Crippen molar-refractivity contribution in [2.75, 3.05) is 7.05 Å². The van der Waals surface area contributed by atoms with Crippen LogP contribution in [0.3, 0.4) is 0 Å². The SMILES string of the molecule is CC1CCC(N(C)C(=O)c2ccc(S(=O)(=O)NC3CC3)cc2)CC1. The summed E-state index contributed by atoms with van der Waals surface area (Å²) >= 11 is 0. The highest BCUT2D eigenvalue weighted by molar-refractivity contribution is 7.89. The minimum Gasteiger partial charge on any atom is -0.339 e. The summed E-state index contributed by atoms with van der Waals surface area (Å²) < 4.78 is 27.0. The predicted octanol–water partition coefficient (Wildman–Crippen LogP) is 2.78. The number of nitrogens with one attached hydrogen (secondary N) is 1. The molecule has 1 aromatic carbocycles. The Morgan fingerprint density at radius 3 is 2.17 bits per heavy atom. The van der Waals surface area contributed by atoms with Gasteiger partial charge < -0.3 is 4.90 Å². The summed E-state index contributed by atoms with van der Waals surface area (Å²) in [5, 5.41) is 0. The van der Waals surface area contributed by atoms with E-state index in [1.54, 1.807) is 12.1 Å². The quantitative estimate of drug-likeness (QED) is 0.888. The molecule has 0 bridgehead atoms. The molecule has 1 aromatic rings. The molecule has 0 aromatic heterocycles. The summed E-state index contributed by atoms with van der Waals surface area (Å²) in [4.78, 5) is 14.7. The second kappa shape index (κ2) is 6.84. The van der Waals surface area contributed by atoms with E-state index in [9.17, 15) is 13.2 Å². The topological polar surface area (TPSA) is 66.5 Å². The average molecular weight is 350 g/mol. The number of carbonyl (C=O) groups is 1. The number of benzene rings is 1. The zero-order valence-electron chi connectivity index (χ0n) is 14.4. The zero-order valence-corrected chi connectivity index (χ0v) is 15.2. The van der Waals surface area contributed by atoms with E-state index in [1.165, 1.54) is 12.1 Å². The number of amides is 1. The van der Waals surface area contributed by atoms with Crippen molar-refractivity contribution in [2.24, 2.45) is 5.92 Å². The van der Waals surface area contributed by atoms with Crippen LogP contribution in [-0.4, -0.2) is 38.4 Å². The molecule has 1 amide bonds. The number of hydrogen-bond donors (Lipinski definition) is 1. The normalized spacial score (nSPS) is 24.6. The third-order valence-corrected chi connectivity index (χ3v) is 6.70. The number of sulfonamides is 1. The Morgan fingerprint density at radius 1 is 1.04 bits per heavy atom. The Kier molecular flexibility index (Phi) is 4.97. The van der Waals surface area contributed by atoms with Crippen molar-refractivity contribution in [3.8, 4) is 0 Å². The Balaban J connectivity index is 1.67. The van der Waals surface area contributed by atoms with Crippen molar-refractivity contribution in [2.45, 2.75) is 62.4 Å². The molecule has 132 valence electrons. The molecule has 0 radical (unpaired) electrons. The molecule has 2 saturated carbocycles. The number of nitrogens with zero attached hydrogens (tertiary/aromatic N) is 1. The van der Waals surface area contributed by atoms with Crippen molar-refractivity contribution in [3.05, 3.63) is 29.8 Å². The Hall–Kier alpha value is -1.40. The molecule has 24 heavy (non-hydrogen) atoms. The lowest BCUT2D eigenvalue weighted by Gasteiger charge is -2.33. The summed E-state index contributed by atoms with van der Waals surface area (Å²) in [7, 11) is -1.61. The standard InChI is InChI=1S/C18H26N2O3S/c1-13-3-9-16(10-4-13)20(2)18(21)14-5-11-17(12-6-14)24(22,23)19-15-7-8-15/h5-6,11-13,15-16,19H,3-4,7-10H2,1-2H3. The summed E-state index contributed by atoms with van der Waals surface area (Å²) in [6.07, 6.45) is 6.21. The van der Waals surface area contributed by atoms with Gasteiger partial charge in [0.1, 0.15) is 0 Å². The first-order valence-corrected chi connectivity index (χ1v) is 10.2. The van der Waals surface area contributed by atoms with Gasteiger partial charge in [-0.05, 0) is 68.7 Å². The van der Waals surface area contributed by atoms with Gasteiger partial charge in [-0.3, -0.25) is 4.79 Å². The van der Waals surface area contributed by atoms with Crippen LogP contribution in [0.4, 0.5) is 0 Å². The van der Waals surface area contributed by atoms with E-state index < -0.39 is 10.0 Å². The fraction of sp³-hybridized carbons (Fsp3) is 0.611. The minimum atomic E-state index is -3.46. The molecule has 2 aliphatic rings. The van der Waals surface area contributed by atoms with Gasteiger partial charge in [0.25, 0.3) is 5.91 Å². The van der Waals surface area contributed by atoms with Gasteiger partial charge in [0, 0.05) is 24.7 Å². The number of hydrogen-bond acceptors (Lipinski definition) is 3. The lowest BCUT2D eigenvalue weighted by Crippen LogP contribution is -2.39. The Labute approximate surface area is 144 Å². The molecule has 2 aliphatic carbocycles. The van der Waals surface area contributed by atoms with Crippen LogP contribution in [-0.2, 0) is 10.0 Å². The van der Waals surface area contributed by atoms with Gasteiger partial charge >= 0.3 is 0 Å². The first-order chi connectivity index (χ1) is 11.4. The van der Waals surface area contributed by atoms with Crippen LogP contribution < -0.4 is 4.72 Å². The number of carbonyl (C=O) groups excluding carboxylic acids is 1. The van der Waals surface area contributed by atoms with E-state index in [4.69, 9.17) is 0 Å². The van der Waals surface area contributed by atoms with Crippen molar-refractivity contribution in [1.82, 2.24) is 9.62 Å². The van der Waals surface area contributed by atoms with Crippen LogP contribution >= 0.6 is 0 Å². The van der Waals surface area contributed by atoms with Crippen LogP contribution in [0.2, 0.25) is 0 Å². The molecular weight excluding hydrogens is 324 g/mol. The van der Waals surface area contributed by atoms with Gasteiger partial charge in [0.05, 0.1) is 4.90 Å². The molecule has 0 spiro atoms. The molecule has 6 heteroatoms. The fourth-order valence-electron chi connectivity index (χ4n) is 3.26. The van der Waals surface area contributed by atoms with Crippen LogP contribution in [0.1, 0.15) is 55.8 Å². The van der Waals surface area contributed by atoms with Crippen LogP contribution in [0.5, 0.6) is 0 Å². The molecule has 5 nitrogen and oxygen atoms in total. The van der Waals surface area contributed by atoms with Crippen molar-refractivity contribution in [3.63, 3.8) is 0 Å². The van der Waals surface area contributed by atoms with Gasteiger partial charge in [0.15, 0.2) is 0 Å². The summed E-state index contributed by atoms with van der Waals surface area (Å²) in [6, 6.07) is 6.64. The van der Waals surface area contributed by atoms with E-state index in [-0.39, 0.29) is 22.9 Å². The van der Waals surface area contributed by atoms with E-state index in [0.29, 0.717) is 5.56 Å². The van der Waals surface area contributed by atoms with Gasteiger partial charge in [-0.1, -0.05) is 6.92 Å². The molecular formula is C18H26N2O3S. The zero-order chi connectivity index (χ0) is 17.3.